The number of nitrogens with zero attached hydrogens (tertiary/aromatic N) is 2. The zero-order valence-corrected chi connectivity index (χ0v) is 17.5. The number of ketones is 1. The number of rotatable bonds is 3. The van der Waals surface area contributed by atoms with Gasteiger partial charge in [-0.1, -0.05) is 41.9 Å². The Morgan fingerprint density at radius 1 is 0.938 bits per heavy atom. The number of carbonyl (C=O) groups excluding carboxylic acids is 3. The Morgan fingerprint density at radius 3 is 2.53 bits per heavy atom. The largest absolute Gasteiger partial charge is 0.461 e. The van der Waals surface area contributed by atoms with E-state index in [2.05, 4.69) is 0 Å². The molecule has 158 valence electrons. The van der Waals surface area contributed by atoms with Crippen LogP contribution in [0.1, 0.15) is 27.7 Å². The molecule has 3 aliphatic heterocycles. The number of hydrogen-bond donors (Lipinski definition) is 0. The topological polar surface area (TPSA) is 70.8 Å². The number of halogens is 1. The monoisotopic (exact) mass is 444 g/mol. The van der Waals surface area contributed by atoms with Crippen molar-refractivity contribution < 1.29 is 18.8 Å². The fourth-order valence-corrected chi connectivity index (χ4v) is 5.48. The number of imide groups is 1. The highest BCUT2D eigenvalue weighted by atomic mass is 35.5. The molecule has 7 heteroatoms. The lowest BCUT2D eigenvalue weighted by Gasteiger charge is -2.35. The zero-order valence-electron chi connectivity index (χ0n) is 16.7. The molecule has 6 nitrogen and oxygen atoms in total. The van der Waals surface area contributed by atoms with E-state index in [0.717, 1.165) is 11.1 Å². The van der Waals surface area contributed by atoms with Crippen LogP contribution in [0.5, 0.6) is 0 Å². The van der Waals surface area contributed by atoms with Crippen molar-refractivity contribution in [3.8, 4) is 0 Å². The van der Waals surface area contributed by atoms with E-state index in [9.17, 15) is 14.4 Å². The van der Waals surface area contributed by atoms with Crippen molar-refractivity contribution >= 4 is 41.0 Å². The van der Waals surface area contributed by atoms with Gasteiger partial charge in [-0.05, 0) is 47.5 Å². The van der Waals surface area contributed by atoms with Crippen molar-refractivity contribution in [1.82, 2.24) is 4.90 Å². The summed E-state index contributed by atoms with van der Waals surface area (Å²) in [5.74, 6) is -2.39. The Balaban J connectivity index is 1.51. The SMILES string of the molecule is O=C(c1ccco1)[C@@H]1[C@@H]2C(=O)N(c3cccc(Cl)c3)C(=O)[C@@H]2C2c3ccccc3C=CN21. The summed E-state index contributed by atoms with van der Waals surface area (Å²) in [7, 11) is 0. The van der Waals surface area contributed by atoms with E-state index in [-0.39, 0.29) is 17.5 Å². The molecule has 0 bridgehead atoms. The third-order valence-corrected chi connectivity index (χ3v) is 6.80. The maximum atomic E-state index is 13.7. The van der Waals surface area contributed by atoms with Crippen LogP contribution in [-0.4, -0.2) is 28.5 Å². The predicted octanol–water partition coefficient (Wildman–Crippen LogP) is 4.33. The van der Waals surface area contributed by atoms with Crippen LogP contribution in [0.4, 0.5) is 5.69 Å². The van der Waals surface area contributed by atoms with Crippen LogP contribution in [0.15, 0.2) is 77.5 Å². The molecule has 3 aromatic rings. The first-order chi connectivity index (χ1) is 15.6. The van der Waals surface area contributed by atoms with Gasteiger partial charge in [0.1, 0.15) is 6.04 Å². The number of fused-ring (bicyclic) bond motifs is 5. The maximum absolute atomic E-state index is 13.7. The highest BCUT2D eigenvalue weighted by Gasteiger charge is 2.64. The zero-order chi connectivity index (χ0) is 22.0. The molecule has 1 aromatic heterocycles. The first-order valence-electron chi connectivity index (χ1n) is 10.3. The van der Waals surface area contributed by atoms with Crippen molar-refractivity contribution in [2.75, 3.05) is 4.90 Å². The average molecular weight is 445 g/mol. The van der Waals surface area contributed by atoms with Gasteiger partial charge >= 0.3 is 0 Å². The highest BCUT2D eigenvalue weighted by Crippen LogP contribution is 2.53. The van der Waals surface area contributed by atoms with Crippen LogP contribution in [0, 0.1) is 11.8 Å². The Kier molecular flexibility index (Phi) is 4.13. The van der Waals surface area contributed by atoms with Gasteiger partial charge in [0.2, 0.25) is 17.6 Å². The van der Waals surface area contributed by atoms with Gasteiger partial charge in [0, 0.05) is 11.2 Å². The number of furan rings is 1. The fourth-order valence-electron chi connectivity index (χ4n) is 5.29. The normalized spacial score (nSPS) is 25.7. The summed E-state index contributed by atoms with van der Waals surface area (Å²) in [5, 5.41) is 0.427. The summed E-state index contributed by atoms with van der Waals surface area (Å²) in [6, 6.07) is 16.4. The molecule has 4 heterocycles. The molecule has 0 aliphatic carbocycles. The molecule has 2 amide bonds. The Bertz CT molecular complexity index is 1300. The number of anilines is 1. The van der Waals surface area contributed by atoms with Crippen molar-refractivity contribution in [2.45, 2.75) is 12.1 Å². The second kappa shape index (κ2) is 6.93. The van der Waals surface area contributed by atoms with Crippen LogP contribution in [0.25, 0.3) is 6.08 Å². The summed E-state index contributed by atoms with van der Waals surface area (Å²) in [6.45, 7) is 0. The molecular weight excluding hydrogens is 428 g/mol. The van der Waals surface area contributed by atoms with E-state index in [1.54, 1.807) is 36.4 Å². The van der Waals surface area contributed by atoms with E-state index >= 15 is 0 Å². The Hall–Kier alpha value is -3.64. The number of benzene rings is 2. The van der Waals surface area contributed by atoms with Crippen molar-refractivity contribution in [3.05, 3.63) is 95.0 Å². The summed E-state index contributed by atoms with van der Waals surface area (Å²) in [5.41, 5.74) is 2.31. The minimum absolute atomic E-state index is 0.170. The van der Waals surface area contributed by atoms with E-state index in [1.807, 2.05) is 41.4 Å². The smallest absolute Gasteiger partial charge is 0.240 e. The number of amides is 2. The third kappa shape index (κ3) is 2.56. The second-order valence-electron chi connectivity index (χ2n) is 8.17. The number of hydrogen-bond acceptors (Lipinski definition) is 5. The standard InChI is InChI=1S/C25H17ClN2O4/c26-15-6-3-7-16(13-15)28-24(30)19-20(25(28)31)22(23(29)18-9-4-12-32-18)27-11-10-14-5-1-2-8-17(14)21(19)27/h1-13,19-22H/t19-,20+,21?,22-/m0/s1. The van der Waals surface area contributed by atoms with Gasteiger partial charge in [-0.3, -0.25) is 14.4 Å². The van der Waals surface area contributed by atoms with Crippen molar-refractivity contribution in [3.63, 3.8) is 0 Å². The van der Waals surface area contributed by atoms with E-state index in [1.165, 1.54) is 11.2 Å². The molecule has 2 saturated heterocycles. The molecule has 1 unspecified atom stereocenters. The van der Waals surface area contributed by atoms with Gasteiger partial charge in [-0.15, -0.1) is 0 Å². The predicted molar refractivity (Wildman–Crippen MR) is 118 cm³/mol. The summed E-state index contributed by atoms with van der Waals surface area (Å²) < 4.78 is 5.37. The average Bonchev–Trinajstić information content (AvgIpc) is 3.50. The lowest BCUT2D eigenvalue weighted by Crippen LogP contribution is -2.44. The lowest BCUT2D eigenvalue weighted by atomic mass is 9.84. The van der Waals surface area contributed by atoms with Crippen LogP contribution in [0.3, 0.4) is 0 Å². The van der Waals surface area contributed by atoms with Gasteiger partial charge < -0.3 is 9.32 Å². The van der Waals surface area contributed by atoms with Crippen molar-refractivity contribution in [1.29, 1.82) is 0 Å². The van der Waals surface area contributed by atoms with Crippen LogP contribution >= 0.6 is 11.6 Å². The highest BCUT2D eigenvalue weighted by molar-refractivity contribution is 6.31. The summed E-state index contributed by atoms with van der Waals surface area (Å²) in [4.78, 5) is 43.9. The van der Waals surface area contributed by atoms with Crippen molar-refractivity contribution in [2.24, 2.45) is 11.8 Å². The number of Topliss-reactive ketones (excluding diaryl/α,β-unsaturated/α-hetero) is 1. The summed E-state index contributed by atoms with van der Waals surface area (Å²) >= 11 is 6.13. The quantitative estimate of drug-likeness (QED) is 0.444. The molecule has 0 spiro atoms. The van der Waals surface area contributed by atoms with Gasteiger partial charge in [0.15, 0.2) is 5.76 Å². The first kappa shape index (κ1) is 19.1. The number of carbonyl (C=O) groups is 3. The molecular formula is C25H17ClN2O4. The maximum Gasteiger partial charge on any atom is 0.240 e. The molecule has 2 aromatic carbocycles. The molecule has 32 heavy (non-hydrogen) atoms. The molecule has 0 radical (unpaired) electrons. The minimum atomic E-state index is -0.846. The van der Waals surface area contributed by atoms with Gasteiger partial charge in [-0.25, -0.2) is 4.90 Å². The molecule has 2 fully saturated rings. The van der Waals surface area contributed by atoms with E-state index in [0.29, 0.717) is 10.7 Å². The van der Waals surface area contributed by atoms with E-state index in [4.69, 9.17) is 16.0 Å². The fraction of sp³-hybridized carbons (Fsp3) is 0.160. The summed E-state index contributed by atoms with van der Waals surface area (Å²) in [6.07, 6.45) is 5.17. The molecule has 3 aliphatic rings. The van der Waals surface area contributed by atoms with Crippen LogP contribution in [0.2, 0.25) is 5.02 Å². The van der Waals surface area contributed by atoms with E-state index < -0.39 is 29.8 Å². The molecule has 0 N–H and O–H groups in total. The molecule has 0 saturated carbocycles. The van der Waals surface area contributed by atoms with Crippen LogP contribution < -0.4 is 4.90 Å². The Morgan fingerprint density at radius 2 is 1.75 bits per heavy atom. The van der Waals surface area contributed by atoms with Gasteiger partial charge in [0.05, 0.1) is 29.8 Å². The minimum Gasteiger partial charge on any atom is -0.461 e. The van der Waals surface area contributed by atoms with Gasteiger partial charge in [0.25, 0.3) is 0 Å². The molecule has 4 atom stereocenters. The second-order valence-corrected chi connectivity index (χ2v) is 8.60. The van der Waals surface area contributed by atoms with Gasteiger partial charge in [-0.2, -0.15) is 0 Å². The molecule has 6 rings (SSSR count). The first-order valence-corrected chi connectivity index (χ1v) is 10.7. The van der Waals surface area contributed by atoms with Crippen LogP contribution in [-0.2, 0) is 9.59 Å². The third-order valence-electron chi connectivity index (χ3n) is 6.56. The lowest BCUT2D eigenvalue weighted by molar-refractivity contribution is -0.123. The Labute approximate surface area is 188 Å².